The fourth-order valence-electron chi connectivity index (χ4n) is 1.45. The smallest absolute Gasteiger partial charge is 0.118 e. The lowest BCUT2D eigenvalue weighted by Gasteiger charge is -2.00. The summed E-state index contributed by atoms with van der Waals surface area (Å²) in [7, 11) is 0. The summed E-state index contributed by atoms with van der Waals surface area (Å²) < 4.78 is 0. The van der Waals surface area contributed by atoms with Crippen LogP contribution in [-0.4, -0.2) is 16.3 Å². The van der Waals surface area contributed by atoms with Crippen LogP contribution in [-0.2, 0) is 0 Å². The first kappa shape index (κ1) is 16.4. The summed E-state index contributed by atoms with van der Waals surface area (Å²) in [6, 6.07) is 0. The van der Waals surface area contributed by atoms with Crippen LogP contribution < -0.4 is 0 Å². The van der Waals surface area contributed by atoms with Crippen molar-refractivity contribution in [2.45, 2.75) is 70.0 Å². The lowest BCUT2D eigenvalue weighted by atomic mass is 10.1. The van der Waals surface area contributed by atoms with Gasteiger partial charge in [0.15, 0.2) is 0 Å². The van der Waals surface area contributed by atoms with Crippen molar-refractivity contribution in [2.75, 3.05) is 0 Å². The number of hydrogen-bond donors (Lipinski definition) is 0. The molecule has 13 heavy (non-hydrogen) atoms. The summed E-state index contributed by atoms with van der Waals surface area (Å²) in [4.78, 5) is 0. The van der Waals surface area contributed by atoms with Gasteiger partial charge in [-0.15, -0.1) is 22.3 Å². The van der Waals surface area contributed by atoms with E-state index in [2.05, 4.69) is 23.2 Å². The number of unbranched alkanes of at least 4 members (excludes halogenated alkanes) is 8. The van der Waals surface area contributed by atoms with E-state index in [1.54, 1.807) is 0 Å². The lowest BCUT2D eigenvalue weighted by Crippen LogP contribution is -1.80. The Labute approximate surface area is 103 Å². The number of halogens is 1. The van der Waals surface area contributed by atoms with Crippen LogP contribution in [0, 0.1) is 0 Å². The lowest BCUT2D eigenvalue weighted by molar-refractivity contribution is 0.572. The summed E-state index contributed by atoms with van der Waals surface area (Å²) in [5.74, 6) is 0. The third-order valence-electron chi connectivity index (χ3n) is 2.31. The molecule has 0 aromatic rings. The Bertz CT molecular complexity index is 66.5. The van der Waals surface area contributed by atoms with Crippen LogP contribution in [0.2, 0.25) is 5.28 Å². The zero-order chi connectivity index (χ0) is 9.07. The van der Waals surface area contributed by atoms with Crippen LogP contribution in [0.3, 0.4) is 0 Å². The van der Waals surface area contributed by atoms with Gasteiger partial charge in [-0.25, -0.2) is 0 Å². The molecule has 0 spiro atoms. The standard InChI is InChI=1S/C11H23.Al.BrH/c1-3-5-7-9-11-10-8-6-4-2;;/h1,3-11H2,2H3;;1H. The molecular formula is C11H24AlBr. The van der Waals surface area contributed by atoms with Crippen LogP contribution >= 0.6 is 17.0 Å². The van der Waals surface area contributed by atoms with Gasteiger partial charge >= 0.3 is 0 Å². The first-order chi connectivity index (χ1) is 5.91. The highest BCUT2D eigenvalue weighted by Crippen LogP contribution is 2.09. The molecule has 78 valence electrons. The predicted molar refractivity (Wildman–Crippen MR) is 68.1 cm³/mol. The molecule has 0 aromatic carbocycles. The maximum absolute atomic E-state index is 2.80. The van der Waals surface area contributed by atoms with Crippen molar-refractivity contribution in [1.29, 1.82) is 0 Å². The maximum atomic E-state index is 2.80. The van der Waals surface area contributed by atoms with Crippen molar-refractivity contribution in [3.63, 3.8) is 0 Å². The van der Waals surface area contributed by atoms with Gasteiger partial charge in [0, 0.05) is 0 Å². The minimum Gasteiger partial charge on any atom is -0.118 e. The predicted octanol–water partition coefficient (Wildman–Crippen LogP) is 4.68. The molecule has 0 amide bonds. The Morgan fingerprint density at radius 3 is 1.46 bits per heavy atom. The molecule has 0 aliphatic rings. The Morgan fingerprint density at radius 2 is 1.08 bits per heavy atom. The SMILES string of the molecule is Br.CCCCCCCCCC[CH2][Al]. The molecule has 0 atom stereocenters. The van der Waals surface area contributed by atoms with Gasteiger partial charge in [0.1, 0.15) is 16.3 Å². The van der Waals surface area contributed by atoms with E-state index in [4.69, 9.17) is 0 Å². The molecule has 0 bridgehead atoms. The molecular weight excluding hydrogens is 239 g/mol. The van der Waals surface area contributed by atoms with Crippen molar-refractivity contribution >= 4 is 33.3 Å². The molecule has 0 fully saturated rings. The van der Waals surface area contributed by atoms with Gasteiger partial charge in [0.25, 0.3) is 0 Å². The van der Waals surface area contributed by atoms with E-state index in [0.29, 0.717) is 0 Å². The summed E-state index contributed by atoms with van der Waals surface area (Å²) in [6.07, 6.45) is 13.0. The molecule has 0 aliphatic carbocycles. The summed E-state index contributed by atoms with van der Waals surface area (Å²) in [5, 5.41) is 1.29. The van der Waals surface area contributed by atoms with E-state index in [0.717, 1.165) is 0 Å². The molecule has 0 rings (SSSR count). The van der Waals surface area contributed by atoms with Crippen LogP contribution in [0.25, 0.3) is 0 Å². The zero-order valence-corrected chi connectivity index (χ0v) is 11.9. The van der Waals surface area contributed by atoms with Crippen molar-refractivity contribution in [2.24, 2.45) is 0 Å². The topological polar surface area (TPSA) is 0 Å². The van der Waals surface area contributed by atoms with Crippen molar-refractivity contribution in [1.82, 2.24) is 0 Å². The second-order valence-corrected chi connectivity index (χ2v) is 4.19. The fraction of sp³-hybridized carbons (Fsp3) is 1.00. The van der Waals surface area contributed by atoms with Crippen molar-refractivity contribution in [3.8, 4) is 0 Å². The van der Waals surface area contributed by atoms with Gasteiger partial charge in [-0.3, -0.25) is 0 Å². The molecule has 0 aliphatic heterocycles. The van der Waals surface area contributed by atoms with Gasteiger partial charge in [-0.2, -0.15) is 0 Å². The van der Waals surface area contributed by atoms with Gasteiger partial charge in [0.2, 0.25) is 0 Å². The molecule has 2 heteroatoms. The first-order valence-corrected chi connectivity index (χ1v) is 6.43. The van der Waals surface area contributed by atoms with E-state index in [9.17, 15) is 0 Å². The van der Waals surface area contributed by atoms with E-state index in [1.165, 1.54) is 63.1 Å². The van der Waals surface area contributed by atoms with Crippen LogP contribution in [0.4, 0.5) is 0 Å². The Kier molecular flexibility index (Phi) is 19.6. The third kappa shape index (κ3) is 15.7. The van der Waals surface area contributed by atoms with Gasteiger partial charge in [0.05, 0.1) is 0 Å². The number of rotatable bonds is 9. The minimum absolute atomic E-state index is 0. The Hall–Kier alpha value is 1.01. The maximum Gasteiger partial charge on any atom is 0.118 e. The number of hydrogen-bond acceptors (Lipinski definition) is 0. The highest BCUT2D eigenvalue weighted by molar-refractivity contribution is 8.93. The van der Waals surface area contributed by atoms with Crippen molar-refractivity contribution < 1.29 is 0 Å². The quantitative estimate of drug-likeness (QED) is 0.418. The van der Waals surface area contributed by atoms with Gasteiger partial charge < -0.3 is 0 Å². The van der Waals surface area contributed by atoms with Crippen LogP contribution in [0.1, 0.15) is 64.7 Å². The third-order valence-corrected chi connectivity index (χ3v) is 2.72. The van der Waals surface area contributed by atoms with Crippen LogP contribution in [0.5, 0.6) is 0 Å². The first-order valence-electron chi connectivity index (χ1n) is 5.62. The normalized spacial score (nSPS) is 9.62. The molecule has 0 nitrogen and oxygen atoms in total. The highest BCUT2D eigenvalue weighted by atomic mass is 79.9. The molecule has 0 heterocycles. The monoisotopic (exact) mass is 262 g/mol. The zero-order valence-electron chi connectivity index (χ0n) is 9.06. The second kappa shape index (κ2) is 15.5. The Balaban J connectivity index is 0. The summed E-state index contributed by atoms with van der Waals surface area (Å²) in [5.41, 5.74) is 0. The molecule has 0 saturated carbocycles. The minimum atomic E-state index is 0. The van der Waals surface area contributed by atoms with E-state index in [1.807, 2.05) is 0 Å². The second-order valence-electron chi connectivity index (χ2n) is 3.62. The van der Waals surface area contributed by atoms with Crippen LogP contribution in [0.15, 0.2) is 0 Å². The molecule has 2 radical (unpaired) electrons. The highest BCUT2D eigenvalue weighted by Gasteiger charge is 1.89. The van der Waals surface area contributed by atoms with Crippen molar-refractivity contribution in [3.05, 3.63) is 0 Å². The summed E-state index contributed by atoms with van der Waals surface area (Å²) >= 11 is 2.80. The van der Waals surface area contributed by atoms with E-state index >= 15 is 0 Å². The average molecular weight is 263 g/mol. The molecule has 0 saturated heterocycles. The van der Waals surface area contributed by atoms with Gasteiger partial charge in [-0.05, 0) is 0 Å². The van der Waals surface area contributed by atoms with E-state index in [-0.39, 0.29) is 17.0 Å². The van der Waals surface area contributed by atoms with E-state index < -0.39 is 0 Å². The molecule has 0 aromatic heterocycles. The largest absolute Gasteiger partial charge is 0.118 e. The molecule has 0 unspecified atom stereocenters. The Morgan fingerprint density at radius 1 is 0.692 bits per heavy atom. The fourth-order valence-corrected chi connectivity index (χ4v) is 1.74. The summed E-state index contributed by atoms with van der Waals surface area (Å²) in [6.45, 7) is 2.28. The average Bonchev–Trinajstić information content (AvgIpc) is 2.10. The molecule has 0 N–H and O–H groups in total. The van der Waals surface area contributed by atoms with Gasteiger partial charge in [-0.1, -0.05) is 64.7 Å².